The summed E-state index contributed by atoms with van der Waals surface area (Å²) in [4.78, 5) is 14.7. The van der Waals surface area contributed by atoms with Crippen molar-refractivity contribution < 1.29 is 4.79 Å². The van der Waals surface area contributed by atoms with Crippen molar-refractivity contribution in [2.24, 2.45) is 5.73 Å². The van der Waals surface area contributed by atoms with E-state index in [-0.39, 0.29) is 0 Å². The second-order valence-corrected chi connectivity index (χ2v) is 2.89. The molecule has 1 aromatic heterocycles. The first-order valence-corrected chi connectivity index (χ1v) is 4.16. The molecule has 3 N–H and O–H groups in total. The first kappa shape index (κ1) is 8.50. The third-order valence-corrected chi connectivity index (χ3v) is 1.94. The van der Waals surface area contributed by atoms with Gasteiger partial charge in [0, 0.05) is 17.8 Å². The second kappa shape index (κ2) is 3.33. The number of nitrogens with zero attached hydrogens (tertiary/aromatic N) is 1. The lowest BCUT2D eigenvalue weighted by molar-refractivity contribution is 0.259. The van der Waals surface area contributed by atoms with Crippen LogP contribution >= 0.6 is 0 Å². The van der Waals surface area contributed by atoms with Crippen molar-refractivity contribution in [1.82, 2.24) is 4.98 Å². The van der Waals surface area contributed by atoms with E-state index in [1.165, 1.54) is 0 Å². The summed E-state index contributed by atoms with van der Waals surface area (Å²) in [5.74, 6) is 0. The van der Waals surface area contributed by atoms with Crippen molar-refractivity contribution in [2.75, 3.05) is 5.32 Å². The van der Waals surface area contributed by atoms with Gasteiger partial charge in [-0.15, -0.1) is 0 Å². The highest BCUT2D eigenvalue weighted by atomic mass is 16.2. The molecule has 0 unspecified atom stereocenters. The molecule has 0 aliphatic rings. The summed E-state index contributed by atoms with van der Waals surface area (Å²) >= 11 is 0. The van der Waals surface area contributed by atoms with Gasteiger partial charge >= 0.3 is 6.03 Å². The van der Waals surface area contributed by atoms with E-state index in [4.69, 9.17) is 5.73 Å². The highest BCUT2D eigenvalue weighted by Crippen LogP contribution is 2.21. The van der Waals surface area contributed by atoms with E-state index in [0.29, 0.717) is 5.69 Å². The fourth-order valence-corrected chi connectivity index (χ4v) is 1.36. The Kier molecular flexibility index (Phi) is 2.02. The summed E-state index contributed by atoms with van der Waals surface area (Å²) in [6, 6.07) is 6.90. The van der Waals surface area contributed by atoms with Crippen LogP contribution in [-0.2, 0) is 0 Å². The zero-order chi connectivity index (χ0) is 9.97. The number of benzene rings is 1. The fraction of sp³-hybridized carbons (Fsp3) is 0. The number of fused-ring (bicyclic) bond motifs is 1. The molecule has 0 radical (unpaired) electrons. The van der Waals surface area contributed by atoms with E-state index in [0.717, 1.165) is 10.8 Å². The van der Waals surface area contributed by atoms with Crippen LogP contribution in [0.5, 0.6) is 0 Å². The highest BCUT2D eigenvalue weighted by Gasteiger charge is 2.01. The van der Waals surface area contributed by atoms with Crippen LogP contribution < -0.4 is 11.1 Å². The van der Waals surface area contributed by atoms with E-state index < -0.39 is 6.03 Å². The molecule has 0 bridgehead atoms. The second-order valence-electron chi connectivity index (χ2n) is 2.89. The standard InChI is InChI=1S/C10H9N3O/c11-10(14)13-9-3-1-2-7-4-5-12-6-8(7)9/h1-6H,(H3,11,13,14). The van der Waals surface area contributed by atoms with Crippen LogP contribution in [0, 0.1) is 0 Å². The van der Waals surface area contributed by atoms with Gasteiger partial charge < -0.3 is 11.1 Å². The van der Waals surface area contributed by atoms with Gasteiger partial charge in [-0.2, -0.15) is 0 Å². The minimum absolute atomic E-state index is 0.568. The Morgan fingerprint density at radius 1 is 1.36 bits per heavy atom. The molecule has 2 rings (SSSR count). The number of nitrogens with two attached hydrogens (primary N) is 1. The number of urea groups is 1. The van der Waals surface area contributed by atoms with Gasteiger partial charge in [-0.3, -0.25) is 4.98 Å². The van der Waals surface area contributed by atoms with Gasteiger partial charge in [0.25, 0.3) is 0 Å². The van der Waals surface area contributed by atoms with Gasteiger partial charge in [0.2, 0.25) is 0 Å². The monoisotopic (exact) mass is 187 g/mol. The average molecular weight is 187 g/mol. The van der Waals surface area contributed by atoms with Gasteiger partial charge in [-0.25, -0.2) is 4.79 Å². The molecule has 70 valence electrons. The van der Waals surface area contributed by atoms with Crippen molar-refractivity contribution in [3.63, 3.8) is 0 Å². The molecule has 2 aromatic rings. The van der Waals surface area contributed by atoms with Crippen molar-refractivity contribution in [2.45, 2.75) is 0 Å². The average Bonchev–Trinajstić information content (AvgIpc) is 2.18. The number of pyridine rings is 1. The predicted molar refractivity (Wildman–Crippen MR) is 54.9 cm³/mol. The molecule has 4 heteroatoms. The summed E-state index contributed by atoms with van der Waals surface area (Å²) in [5.41, 5.74) is 5.73. The molecule has 0 aliphatic carbocycles. The number of aromatic nitrogens is 1. The first-order valence-electron chi connectivity index (χ1n) is 4.16. The summed E-state index contributed by atoms with van der Waals surface area (Å²) in [6.07, 6.45) is 3.40. The molecule has 1 aromatic carbocycles. The van der Waals surface area contributed by atoms with Gasteiger partial charge in [0.1, 0.15) is 0 Å². The fourth-order valence-electron chi connectivity index (χ4n) is 1.36. The quantitative estimate of drug-likeness (QED) is 0.713. The molecule has 2 amide bonds. The maximum atomic E-state index is 10.7. The number of anilines is 1. The summed E-state index contributed by atoms with van der Waals surface area (Å²) in [7, 11) is 0. The molecule has 14 heavy (non-hydrogen) atoms. The number of primary amides is 1. The van der Waals surface area contributed by atoms with Crippen molar-refractivity contribution in [3.05, 3.63) is 36.7 Å². The Balaban J connectivity index is 2.59. The zero-order valence-electron chi connectivity index (χ0n) is 7.40. The first-order chi connectivity index (χ1) is 6.77. The number of hydrogen-bond donors (Lipinski definition) is 2. The van der Waals surface area contributed by atoms with Gasteiger partial charge in [0.05, 0.1) is 5.69 Å². The zero-order valence-corrected chi connectivity index (χ0v) is 7.40. The molecular weight excluding hydrogens is 178 g/mol. The third-order valence-electron chi connectivity index (χ3n) is 1.94. The number of rotatable bonds is 1. The third kappa shape index (κ3) is 1.50. The van der Waals surface area contributed by atoms with E-state index >= 15 is 0 Å². The molecular formula is C10H9N3O. The van der Waals surface area contributed by atoms with Gasteiger partial charge in [0.15, 0.2) is 0 Å². The predicted octanol–water partition coefficient (Wildman–Crippen LogP) is 1.73. The Hall–Kier alpha value is -2.10. The van der Waals surface area contributed by atoms with Crippen LogP contribution in [0.3, 0.4) is 0 Å². The molecule has 4 nitrogen and oxygen atoms in total. The lowest BCUT2D eigenvalue weighted by atomic mass is 10.1. The summed E-state index contributed by atoms with van der Waals surface area (Å²) in [6.45, 7) is 0. The minimum atomic E-state index is -0.568. The Bertz CT molecular complexity index is 476. The molecule has 0 saturated heterocycles. The lowest BCUT2D eigenvalue weighted by Crippen LogP contribution is -2.19. The number of carbonyl (C=O) groups excluding carboxylic acids is 1. The maximum absolute atomic E-state index is 10.7. The van der Waals surface area contributed by atoms with Crippen LogP contribution in [0.1, 0.15) is 0 Å². The lowest BCUT2D eigenvalue weighted by Gasteiger charge is -2.05. The molecule has 1 heterocycles. The molecule has 0 atom stereocenters. The highest BCUT2D eigenvalue weighted by molar-refractivity contribution is 6.00. The Morgan fingerprint density at radius 2 is 2.21 bits per heavy atom. The van der Waals surface area contributed by atoms with Crippen LogP contribution in [0.2, 0.25) is 0 Å². The molecule has 0 saturated carbocycles. The van der Waals surface area contributed by atoms with E-state index in [1.54, 1.807) is 18.5 Å². The van der Waals surface area contributed by atoms with E-state index in [9.17, 15) is 4.79 Å². The number of amides is 2. The van der Waals surface area contributed by atoms with Crippen LogP contribution in [0.15, 0.2) is 36.7 Å². The SMILES string of the molecule is NC(=O)Nc1cccc2ccncc12. The summed E-state index contributed by atoms with van der Waals surface area (Å²) < 4.78 is 0. The smallest absolute Gasteiger partial charge is 0.316 e. The minimum Gasteiger partial charge on any atom is -0.351 e. The van der Waals surface area contributed by atoms with Crippen LogP contribution in [-0.4, -0.2) is 11.0 Å². The molecule has 0 aliphatic heterocycles. The molecule has 0 fully saturated rings. The number of carbonyl (C=O) groups is 1. The van der Waals surface area contributed by atoms with Crippen molar-refractivity contribution >= 4 is 22.5 Å². The van der Waals surface area contributed by atoms with Crippen LogP contribution in [0.25, 0.3) is 10.8 Å². The Morgan fingerprint density at radius 3 is 3.00 bits per heavy atom. The summed E-state index contributed by atoms with van der Waals surface area (Å²) in [5, 5.41) is 4.45. The topological polar surface area (TPSA) is 68.0 Å². The Labute approximate surface area is 80.7 Å². The van der Waals surface area contributed by atoms with Gasteiger partial charge in [-0.1, -0.05) is 12.1 Å². The maximum Gasteiger partial charge on any atom is 0.316 e. The normalized spacial score (nSPS) is 10.0. The van der Waals surface area contributed by atoms with E-state index in [1.807, 2.05) is 18.2 Å². The van der Waals surface area contributed by atoms with Crippen molar-refractivity contribution in [1.29, 1.82) is 0 Å². The number of hydrogen-bond acceptors (Lipinski definition) is 2. The molecule has 0 spiro atoms. The van der Waals surface area contributed by atoms with Crippen LogP contribution in [0.4, 0.5) is 10.5 Å². The van der Waals surface area contributed by atoms with Gasteiger partial charge in [-0.05, 0) is 17.5 Å². The largest absolute Gasteiger partial charge is 0.351 e. The number of nitrogens with one attached hydrogen (secondary N) is 1. The van der Waals surface area contributed by atoms with E-state index in [2.05, 4.69) is 10.3 Å². The van der Waals surface area contributed by atoms with Crippen molar-refractivity contribution in [3.8, 4) is 0 Å².